The van der Waals surface area contributed by atoms with E-state index < -0.39 is 0 Å². The van der Waals surface area contributed by atoms with E-state index in [-0.39, 0.29) is 5.60 Å². The van der Waals surface area contributed by atoms with Crippen molar-refractivity contribution in [3.63, 3.8) is 0 Å². The number of ether oxygens (including phenoxy) is 1. The van der Waals surface area contributed by atoms with Gasteiger partial charge >= 0.3 is 0 Å². The zero-order chi connectivity index (χ0) is 12.4. The molecule has 0 aromatic rings. The Morgan fingerprint density at radius 3 is 2.94 bits per heavy atom. The van der Waals surface area contributed by atoms with E-state index in [1.807, 2.05) is 0 Å². The van der Waals surface area contributed by atoms with Crippen molar-refractivity contribution >= 4 is 17.5 Å². The Hall–Kier alpha value is -0.0600. The van der Waals surface area contributed by atoms with Crippen molar-refractivity contribution in [1.82, 2.24) is 4.90 Å². The second-order valence-electron chi connectivity index (χ2n) is 5.90. The SMILES string of the molecule is O=C1CCCN(C2CCOC3(CCSCC3)C2)C1. The molecule has 0 aromatic heterocycles. The van der Waals surface area contributed by atoms with E-state index >= 15 is 0 Å². The van der Waals surface area contributed by atoms with Gasteiger partial charge < -0.3 is 4.74 Å². The summed E-state index contributed by atoms with van der Waals surface area (Å²) < 4.78 is 6.13. The molecule has 0 bridgehead atoms. The fourth-order valence-electron chi connectivity index (χ4n) is 3.58. The van der Waals surface area contributed by atoms with Crippen molar-refractivity contribution in [3.8, 4) is 0 Å². The van der Waals surface area contributed by atoms with Crippen LogP contribution >= 0.6 is 11.8 Å². The maximum absolute atomic E-state index is 11.6. The van der Waals surface area contributed by atoms with Gasteiger partial charge in [-0.15, -0.1) is 0 Å². The van der Waals surface area contributed by atoms with E-state index in [0.29, 0.717) is 18.4 Å². The Kier molecular flexibility index (Phi) is 3.97. The number of hydrogen-bond acceptors (Lipinski definition) is 4. The monoisotopic (exact) mass is 269 g/mol. The zero-order valence-electron chi connectivity index (χ0n) is 11.0. The number of carbonyl (C=O) groups excluding carboxylic acids is 1. The molecule has 18 heavy (non-hydrogen) atoms. The molecule has 0 aromatic carbocycles. The summed E-state index contributed by atoms with van der Waals surface area (Å²) in [7, 11) is 0. The van der Waals surface area contributed by atoms with Crippen LogP contribution in [-0.2, 0) is 9.53 Å². The summed E-state index contributed by atoms with van der Waals surface area (Å²) >= 11 is 2.05. The van der Waals surface area contributed by atoms with Gasteiger partial charge in [0.25, 0.3) is 0 Å². The third-order valence-electron chi connectivity index (χ3n) is 4.67. The Morgan fingerprint density at radius 2 is 2.17 bits per heavy atom. The summed E-state index contributed by atoms with van der Waals surface area (Å²) in [6.07, 6.45) is 6.52. The van der Waals surface area contributed by atoms with E-state index in [1.54, 1.807) is 0 Å². The van der Waals surface area contributed by atoms with E-state index in [1.165, 1.54) is 24.3 Å². The molecule has 0 amide bonds. The predicted octanol–water partition coefficient (Wildman–Crippen LogP) is 2.10. The third-order valence-corrected chi connectivity index (χ3v) is 5.65. The number of Topliss-reactive ketones (excluding diaryl/α,β-unsaturated/α-hetero) is 1. The number of thioether (sulfide) groups is 1. The molecule has 3 nitrogen and oxygen atoms in total. The molecule has 0 aliphatic carbocycles. The van der Waals surface area contributed by atoms with Crippen LogP contribution in [0.5, 0.6) is 0 Å². The molecule has 3 aliphatic rings. The van der Waals surface area contributed by atoms with Crippen LogP contribution in [0.3, 0.4) is 0 Å². The van der Waals surface area contributed by atoms with Gasteiger partial charge in [0.1, 0.15) is 5.78 Å². The number of hydrogen-bond donors (Lipinski definition) is 0. The number of ketones is 1. The number of rotatable bonds is 1. The summed E-state index contributed by atoms with van der Waals surface area (Å²) in [5, 5.41) is 0. The van der Waals surface area contributed by atoms with Crippen LogP contribution in [0.2, 0.25) is 0 Å². The van der Waals surface area contributed by atoms with Crippen molar-refractivity contribution in [3.05, 3.63) is 0 Å². The van der Waals surface area contributed by atoms with Gasteiger partial charge in [0, 0.05) is 19.1 Å². The molecule has 3 heterocycles. The molecule has 0 radical (unpaired) electrons. The van der Waals surface area contributed by atoms with E-state index in [9.17, 15) is 4.79 Å². The van der Waals surface area contributed by atoms with Crippen LogP contribution in [0.4, 0.5) is 0 Å². The van der Waals surface area contributed by atoms with Crippen LogP contribution in [0, 0.1) is 0 Å². The van der Waals surface area contributed by atoms with Crippen molar-refractivity contribution in [1.29, 1.82) is 0 Å². The Bertz CT molecular complexity index is 309. The van der Waals surface area contributed by atoms with Crippen LogP contribution < -0.4 is 0 Å². The van der Waals surface area contributed by atoms with Crippen LogP contribution in [-0.4, -0.2) is 53.5 Å². The summed E-state index contributed by atoms with van der Waals surface area (Å²) in [6.45, 7) is 2.69. The molecule has 3 saturated heterocycles. The zero-order valence-corrected chi connectivity index (χ0v) is 11.8. The minimum Gasteiger partial charge on any atom is -0.375 e. The minimum atomic E-state index is 0.147. The lowest BCUT2D eigenvalue weighted by Crippen LogP contribution is -2.52. The highest BCUT2D eigenvalue weighted by molar-refractivity contribution is 7.99. The van der Waals surface area contributed by atoms with Gasteiger partial charge in [0.2, 0.25) is 0 Å². The lowest BCUT2D eigenvalue weighted by molar-refractivity contribution is -0.130. The van der Waals surface area contributed by atoms with E-state index in [4.69, 9.17) is 4.74 Å². The number of nitrogens with zero attached hydrogens (tertiary/aromatic N) is 1. The Morgan fingerprint density at radius 1 is 1.33 bits per heavy atom. The molecular weight excluding hydrogens is 246 g/mol. The number of piperidine rings is 1. The first-order chi connectivity index (χ1) is 8.77. The number of likely N-dealkylation sites (tertiary alicyclic amines) is 1. The van der Waals surface area contributed by atoms with E-state index in [0.717, 1.165) is 38.8 Å². The maximum atomic E-state index is 11.6. The molecule has 3 fully saturated rings. The van der Waals surface area contributed by atoms with Gasteiger partial charge in [0.05, 0.1) is 12.1 Å². The first kappa shape index (κ1) is 12.9. The second-order valence-corrected chi connectivity index (χ2v) is 7.13. The molecule has 0 saturated carbocycles. The summed E-state index contributed by atoms with van der Waals surface area (Å²) in [5.41, 5.74) is 0.147. The molecule has 1 atom stereocenters. The molecule has 4 heteroatoms. The molecular formula is C14H23NO2S. The molecule has 3 rings (SSSR count). The molecule has 1 spiro atoms. The topological polar surface area (TPSA) is 29.5 Å². The summed E-state index contributed by atoms with van der Waals surface area (Å²) in [6, 6.07) is 0.589. The maximum Gasteiger partial charge on any atom is 0.146 e. The van der Waals surface area contributed by atoms with Gasteiger partial charge in [-0.2, -0.15) is 11.8 Å². The molecule has 3 aliphatic heterocycles. The first-order valence-electron chi connectivity index (χ1n) is 7.25. The highest BCUT2D eigenvalue weighted by Crippen LogP contribution is 2.39. The van der Waals surface area contributed by atoms with Gasteiger partial charge in [-0.05, 0) is 50.2 Å². The first-order valence-corrected chi connectivity index (χ1v) is 8.40. The fourth-order valence-corrected chi connectivity index (χ4v) is 4.82. The van der Waals surface area contributed by atoms with Crippen LogP contribution in [0.1, 0.15) is 38.5 Å². The van der Waals surface area contributed by atoms with E-state index in [2.05, 4.69) is 16.7 Å². The van der Waals surface area contributed by atoms with Crippen molar-refractivity contribution in [2.45, 2.75) is 50.2 Å². The highest BCUT2D eigenvalue weighted by Gasteiger charge is 2.41. The quantitative estimate of drug-likeness (QED) is 0.729. The lowest BCUT2D eigenvalue weighted by atomic mass is 9.84. The fraction of sp³-hybridized carbons (Fsp3) is 0.929. The normalized spacial score (nSPS) is 33.8. The Labute approximate surface area is 114 Å². The third kappa shape index (κ3) is 2.75. The van der Waals surface area contributed by atoms with Crippen molar-refractivity contribution in [2.75, 3.05) is 31.2 Å². The van der Waals surface area contributed by atoms with Crippen LogP contribution in [0.15, 0.2) is 0 Å². The minimum absolute atomic E-state index is 0.147. The Balaban J connectivity index is 1.64. The van der Waals surface area contributed by atoms with Crippen molar-refractivity contribution < 1.29 is 9.53 Å². The van der Waals surface area contributed by atoms with Gasteiger partial charge in [-0.25, -0.2) is 0 Å². The van der Waals surface area contributed by atoms with Crippen molar-refractivity contribution in [2.24, 2.45) is 0 Å². The smallest absolute Gasteiger partial charge is 0.146 e. The van der Waals surface area contributed by atoms with Gasteiger partial charge in [-0.1, -0.05) is 0 Å². The number of carbonyl (C=O) groups is 1. The lowest BCUT2D eigenvalue weighted by Gasteiger charge is -2.47. The molecule has 0 N–H and O–H groups in total. The highest BCUT2D eigenvalue weighted by atomic mass is 32.2. The largest absolute Gasteiger partial charge is 0.375 e. The summed E-state index contributed by atoms with van der Waals surface area (Å²) in [4.78, 5) is 14.0. The van der Waals surface area contributed by atoms with Gasteiger partial charge in [0.15, 0.2) is 0 Å². The molecule has 102 valence electrons. The average Bonchev–Trinajstić information content (AvgIpc) is 2.40. The van der Waals surface area contributed by atoms with Gasteiger partial charge in [-0.3, -0.25) is 9.69 Å². The standard InChI is InChI=1S/C14H23NO2S/c16-13-2-1-6-15(11-13)12-3-7-17-14(10-12)4-8-18-9-5-14/h12H,1-11H2. The molecule has 1 unspecified atom stereocenters. The average molecular weight is 269 g/mol. The summed E-state index contributed by atoms with van der Waals surface area (Å²) in [5.74, 6) is 2.91. The van der Waals surface area contributed by atoms with Crippen LogP contribution in [0.25, 0.3) is 0 Å². The predicted molar refractivity (Wildman–Crippen MR) is 74.1 cm³/mol. The second kappa shape index (κ2) is 5.51.